The van der Waals surface area contributed by atoms with Crippen LogP contribution in [0, 0.1) is 0 Å². The van der Waals surface area contributed by atoms with E-state index in [0.717, 1.165) is 0 Å². The van der Waals surface area contributed by atoms with Gasteiger partial charge in [0.2, 0.25) is 5.95 Å². The molecule has 3 rings (SSSR count). The Morgan fingerprint density at radius 1 is 1.27 bits per heavy atom. The highest BCUT2D eigenvalue weighted by molar-refractivity contribution is 6.33. The lowest BCUT2D eigenvalue weighted by molar-refractivity contribution is 0.00327. The van der Waals surface area contributed by atoms with Crippen LogP contribution in [-0.2, 0) is 9.47 Å². The van der Waals surface area contributed by atoms with E-state index >= 15 is 0 Å². The topological polar surface area (TPSA) is 67.8 Å². The van der Waals surface area contributed by atoms with Gasteiger partial charge < -0.3 is 19.3 Å². The van der Waals surface area contributed by atoms with Gasteiger partial charge in [-0.25, -0.2) is 9.97 Å². The first-order valence-electron chi connectivity index (χ1n) is 7.41. The van der Waals surface area contributed by atoms with E-state index in [1.807, 2.05) is 11.8 Å². The van der Waals surface area contributed by atoms with Crippen molar-refractivity contribution in [3.8, 4) is 0 Å². The molecule has 22 heavy (non-hydrogen) atoms. The van der Waals surface area contributed by atoms with Gasteiger partial charge in [0.15, 0.2) is 5.69 Å². The summed E-state index contributed by atoms with van der Waals surface area (Å²) >= 11 is 6.15. The zero-order valence-corrected chi connectivity index (χ0v) is 13.3. The highest BCUT2D eigenvalue weighted by atomic mass is 35.5. The maximum absolute atomic E-state index is 12.7. The Kier molecular flexibility index (Phi) is 4.75. The largest absolute Gasteiger partial charge is 0.378 e. The molecule has 0 bridgehead atoms. The van der Waals surface area contributed by atoms with Crippen molar-refractivity contribution < 1.29 is 14.3 Å². The normalized spacial score (nSPS) is 22.7. The first-order valence-corrected chi connectivity index (χ1v) is 7.78. The molecule has 0 radical (unpaired) electrons. The number of carbonyl (C=O) groups excluding carboxylic acids is 1. The fourth-order valence-electron chi connectivity index (χ4n) is 2.59. The average Bonchev–Trinajstić information content (AvgIpc) is 2.56. The van der Waals surface area contributed by atoms with Crippen molar-refractivity contribution in [1.82, 2.24) is 14.9 Å². The second-order valence-corrected chi connectivity index (χ2v) is 5.80. The van der Waals surface area contributed by atoms with E-state index < -0.39 is 0 Å². The number of ether oxygens (including phenoxy) is 2. The molecule has 2 aliphatic heterocycles. The number of carbonyl (C=O) groups is 1. The Labute approximate surface area is 134 Å². The Balaban J connectivity index is 1.84. The molecule has 1 atom stereocenters. The summed E-state index contributed by atoms with van der Waals surface area (Å²) in [4.78, 5) is 25.1. The second-order valence-electron chi connectivity index (χ2n) is 5.39. The molecule has 0 N–H and O–H groups in total. The fraction of sp³-hybridized carbons (Fsp3) is 0.643. The van der Waals surface area contributed by atoms with Crippen LogP contribution in [0.5, 0.6) is 0 Å². The number of nitrogens with zero attached hydrogens (tertiary/aromatic N) is 4. The highest BCUT2D eigenvalue weighted by Gasteiger charge is 2.28. The molecule has 1 aromatic heterocycles. The minimum atomic E-state index is -0.169. The summed E-state index contributed by atoms with van der Waals surface area (Å²) in [6.45, 7) is 6.26. The second kappa shape index (κ2) is 6.76. The maximum atomic E-state index is 12.7. The van der Waals surface area contributed by atoms with Crippen LogP contribution in [0.25, 0.3) is 0 Å². The number of morpholine rings is 2. The van der Waals surface area contributed by atoms with Crippen molar-refractivity contribution in [3.63, 3.8) is 0 Å². The Bertz CT molecular complexity index is 551. The van der Waals surface area contributed by atoms with Gasteiger partial charge >= 0.3 is 0 Å². The lowest BCUT2D eigenvalue weighted by Crippen LogP contribution is -2.47. The SMILES string of the molecule is C[C@H]1COCCN1C(=O)c1nc(N2CCOCC2)ncc1Cl. The Morgan fingerprint density at radius 2 is 2.00 bits per heavy atom. The van der Waals surface area contributed by atoms with E-state index in [0.29, 0.717) is 52.0 Å². The minimum absolute atomic E-state index is 0.0131. The van der Waals surface area contributed by atoms with Crippen molar-refractivity contribution in [1.29, 1.82) is 0 Å². The highest BCUT2D eigenvalue weighted by Crippen LogP contribution is 2.20. The first kappa shape index (κ1) is 15.5. The van der Waals surface area contributed by atoms with Crippen LogP contribution in [0.15, 0.2) is 6.20 Å². The maximum Gasteiger partial charge on any atom is 0.274 e. The molecule has 3 heterocycles. The van der Waals surface area contributed by atoms with Gasteiger partial charge in [-0.3, -0.25) is 4.79 Å². The summed E-state index contributed by atoms with van der Waals surface area (Å²) in [5.74, 6) is 0.356. The zero-order valence-electron chi connectivity index (χ0n) is 12.5. The summed E-state index contributed by atoms with van der Waals surface area (Å²) < 4.78 is 10.7. The lowest BCUT2D eigenvalue weighted by Gasteiger charge is -2.33. The number of anilines is 1. The van der Waals surface area contributed by atoms with Gasteiger partial charge in [0.1, 0.15) is 0 Å². The van der Waals surface area contributed by atoms with E-state index in [1.165, 1.54) is 6.20 Å². The van der Waals surface area contributed by atoms with Crippen LogP contribution in [0.1, 0.15) is 17.4 Å². The van der Waals surface area contributed by atoms with Gasteiger partial charge in [0.05, 0.1) is 43.7 Å². The van der Waals surface area contributed by atoms with Crippen molar-refractivity contribution in [2.24, 2.45) is 0 Å². The van der Waals surface area contributed by atoms with E-state index in [4.69, 9.17) is 21.1 Å². The molecule has 2 fully saturated rings. The predicted molar refractivity (Wildman–Crippen MR) is 81.4 cm³/mol. The van der Waals surface area contributed by atoms with E-state index in [1.54, 1.807) is 4.90 Å². The van der Waals surface area contributed by atoms with Crippen LogP contribution in [0.3, 0.4) is 0 Å². The van der Waals surface area contributed by atoms with E-state index in [2.05, 4.69) is 9.97 Å². The van der Waals surface area contributed by atoms with E-state index in [9.17, 15) is 4.79 Å². The summed E-state index contributed by atoms with van der Waals surface area (Å²) in [6.07, 6.45) is 1.50. The molecule has 0 spiro atoms. The average molecular weight is 327 g/mol. The third-order valence-electron chi connectivity index (χ3n) is 3.86. The zero-order chi connectivity index (χ0) is 15.5. The molecule has 8 heteroatoms. The Morgan fingerprint density at radius 3 is 2.73 bits per heavy atom. The number of hydrogen-bond acceptors (Lipinski definition) is 6. The molecule has 2 saturated heterocycles. The first-order chi connectivity index (χ1) is 10.7. The summed E-state index contributed by atoms with van der Waals surface area (Å²) in [7, 11) is 0. The molecule has 1 aromatic rings. The van der Waals surface area contributed by atoms with E-state index in [-0.39, 0.29) is 22.7 Å². The van der Waals surface area contributed by atoms with Gasteiger partial charge in [-0.05, 0) is 6.92 Å². The lowest BCUT2D eigenvalue weighted by atomic mass is 10.2. The summed E-state index contributed by atoms with van der Waals surface area (Å²) in [5.41, 5.74) is 0.256. The van der Waals surface area contributed by atoms with Crippen molar-refractivity contribution in [2.75, 3.05) is 51.0 Å². The number of hydrogen-bond donors (Lipinski definition) is 0. The van der Waals surface area contributed by atoms with Crippen LogP contribution < -0.4 is 4.90 Å². The number of amides is 1. The van der Waals surface area contributed by atoms with Gasteiger partial charge in [-0.2, -0.15) is 0 Å². The fourth-order valence-corrected chi connectivity index (χ4v) is 2.76. The Hall–Kier alpha value is -1.44. The van der Waals surface area contributed by atoms with Crippen molar-refractivity contribution in [2.45, 2.75) is 13.0 Å². The van der Waals surface area contributed by atoms with Crippen LogP contribution in [-0.4, -0.2) is 72.9 Å². The molecule has 0 aliphatic carbocycles. The van der Waals surface area contributed by atoms with Gasteiger partial charge in [0.25, 0.3) is 5.91 Å². The molecule has 120 valence electrons. The molecular formula is C14H19ClN4O3. The predicted octanol–water partition coefficient (Wildman–Crippen LogP) is 0.828. The molecule has 1 amide bonds. The number of halogens is 1. The number of aromatic nitrogens is 2. The molecule has 0 aromatic carbocycles. The van der Waals surface area contributed by atoms with Gasteiger partial charge in [-0.15, -0.1) is 0 Å². The molecule has 7 nitrogen and oxygen atoms in total. The quantitative estimate of drug-likeness (QED) is 0.802. The molecule has 0 saturated carbocycles. The minimum Gasteiger partial charge on any atom is -0.378 e. The standard InChI is InChI=1S/C14H19ClN4O3/c1-10-9-22-7-4-19(10)13(20)12-11(15)8-16-14(17-12)18-2-5-21-6-3-18/h8,10H,2-7,9H2,1H3/t10-/m0/s1. The van der Waals surface area contributed by atoms with Crippen LogP contribution >= 0.6 is 11.6 Å². The van der Waals surface area contributed by atoms with Crippen molar-refractivity contribution >= 4 is 23.5 Å². The smallest absolute Gasteiger partial charge is 0.274 e. The number of rotatable bonds is 2. The van der Waals surface area contributed by atoms with Crippen LogP contribution in [0.4, 0.5) is 5.95 Å². The summed E-state index contributed by atoms with van der Waals surface area (Å²) in [6, 6.07) is 0.0131. The van der Waals surface area contributed by atoms with Gasteiger partial charge in [-0.1, -0.05) is 11.6 Å². The van der Waals surface area contributed by atoms with Gasteiger partial charge in [0, 0.05) is 19.6 Å². The third-order valence-corrected chi connectivity index (χ3v) is 4.13. The molecule has 0 unspecified atom stereocenters. The monoisotopic (exact) mass is 326 g/mol. The van der Waals surface area contributed by atoms with Crippen LogP contribution in [0.2, 0.25) is 5.02 Å². The summed E-state index contributed by atoms with van der Waals surface area (Å²) in [5, 5.41) is 0.278. The van der Waals surface area contributed by atoms with Crippen molar-refractivity contribution in [3.05, 3.63) is 16.9 Å². The molecular weight excluding hydrogens is 308 g/mol. The molecule has 2 aliphatic rings. The third kappa shape index (κ3) is 3.16.